The standard InChI is InChI=1S/C11H18N4O2/c1-17-10-7-15(11(16)2-3-12)6-9(10)14-5-4-13-8-14/h4-5,8-10H,2-3,6-7,12H2,1H3. The van der Waals surface area contributed by atoms with E-state index in [4.69, 9.17) is 10.5 Å². The average molecular weight is 238 g/mol. The zero-order valence-electron chi connectivity index (χ0n) is 9.95. The number of hydrogen-bond donors (Lipinski definition) is 1. The highest BCUT2D eigenvalue weighted by atomic mass is 16.5. The van der Waals surface area contributed by atoms with Gasteiger partial charge in [-0.2, -0.15) is 0 Å². The Bertz CT molecular complexity index is 366. The molecule has 0 spiro atoms. The molecule has 0 saturated carbocycles. The van der Waals surface area contributed by atoms with E-state index in [1.165, 1.54) is 0 Å². The average Bonchev–Trinajstić information content (AvgIpc) is 2.97. The summed E-state index contributed by atoms with van der Waals surface area (Å²) in [6, 6.07) is 0.143. The number of hydrogen-bond acceptors (Lipinski definition) is 4. The molecule has 2 atom stereocenters. The molecule has 0 aliphatic carbocycles. The van der Waals surface area contributed by atoms with Crippen LogP contribution in [0.25, 0.3) is 0 Å². The largest absolute Gasteiger partial charge is 0.377 e. The Labute approximate surface area is 100 Å². The first kappa shape index (κ1) is 12.1. The lowest BCUT2D eigenvalue weighted by Gasteiger charge is -2.17. The van der Waals surface area contributed by atoms with Crippen LogP contribution in [0.4, 0.5) is 0 Å². The molecule has 2 unspecified atom stereocenters. The van der Waals surface area contributed by atoms with Crippen molar-refractivity contribution in [2.75, 3.05) is 26.7 Å². The Kier molecular flexibility index (Phi) is 3.75. The molecule has 17 heavy (non-hydrogen) atoms. The van der Waals surface area contributed by atoms with Crippen molar-refractivity contribution >= 4 is 5.91 Å². The highest BCUT2D eigenvalue weighted by molar-refractivity contribution is 5.76. The lowest BCUT2D eigenvalue weighted by atomic mass is 10.2. The summed E-state index contributed by atoms with van der Waals surface area (Å²) in [7, 11) is 1.67. The van der Waals surface area contributed by atoms with Crippen molar-refractivity contribution in [2.24, 2.45) is 5.73 Å². The highest BCUT2D eigenvalue weighted by Gasteiger charge is 2.35. The molecular formula is C11H18N4O2. The van der Waals surface area contributed by atoms with Crippen LogP contribution < -0.4 is 5.73 Å². The van der Waals surface area contributed by atoms with Gasteiger partial charge in [-0.25, -0.2) is 4.98 Å². The van der Waals surface area contributed by atoms with Crippen LogP contribution in [0, 0.1) is 0 Å². The normalized spacial score (nSPS) is 24.2. The van der Waals surface area contributed by atoms with E-state index in [2.05, 4.69) is 4.98 Å². The highest BCUT2D eigenvalue weighted by Crippen LogP contribution is 2.24. The van der Waals surface area contributed by atoms with Crippen LogP contribution in [-0.4, -0.2) is 53.2 Å². The summed E-state index contributed by atoms with van der Waals surface area (Å²) in [5.41, 5.74) is 5.40. The van der Waals surface area contributed by atoms with Crippen molar-refractivity contribution in [1.82, 2.24) is 14.5 Å². The molecule has 6 heteroatoms. The SMILES string of the molecule is COC1CN(C(=O)CCN)CC1n1ccnc1. The van der Waals surface area contributed by atoms with E-state index in [1.807, 2.05) is 15.7 Å². The third kappa shape index (κ3) is 2.48. The Morgan fingerprint density at radius 2 is 2.41 bits per heavy atom. The number of imidazole rings is 1. The molecule has 1 aromatic rings. The van der Waals surface area contributed by atoms with Gasteiger partial charge in [-0.1, -0.05) is 0 Å². The van der Waals surface area contributed by atoms with Gasteiger partial charge >= 0.3 is 0 Å². The maximum atomic E-state index is 11.8. The topological polar surface area (TPSA) is 73.4 Å². The second-order valence-corrected chi connectivity index (χ2v) is 4.19. The predicted octanol–water partition coefficient (Wildman–Crippen LogP) is -0.370. The van der Waals surface area contributed by atoms with Crippen LogP contribution in [-0.2, 0) is 9.53 Å². The molecule has 1 saturated heterocycles. The van der Waals surface area contributed by atoms with Gasteiger partial charge in [0, 0.05) is 45.6 Å². The van der Waals surface area contributed by atoms with Gasteiger partial charge in [-0.15, -0.1) is 0 Å². The molecule has 0 aromatic carbocycles. The summed E-state index contributed by atoms with van der Waals surface area (Å²) in [5.74, 6) is 0.0946. The van der Waals surface area contributed by atoms with Crippen molar-refractivity contribution in [3.8, 4) is 0 Å². The van der Waals surface area contributed by atoms with Gasteiger partial charge in [0.1, 0.15) is 0 Å². The van der Waals surface area contributed by atoms with Crippen LogP contribution >= 0.6 is 0 Å². The minimum atomic E-state index is 0.0194. The lowest BCUT2D eigenvalue weighted by molar-refractivity contribution is -0.130. The van der Waals surface area contributed by atoms with Crippen LogP contribution in [0.5, 0.6) is 0 Å². The zero-order valence-corrected chi connectivity index (χ0v) is 9.95. The summed E-state index contributed by atoms with van der Waals surface area (Å²) in [5, 5.41) is 0. The third-order valence-corrected chi connectivity index (χ3v) is 3.16. The molecule has 2 heterocycles. The summed E-state index contributed by atoms with van der Waals surface area (Å²) in [6.45, 7) is 1.68. The van der Waals surface area contributed by atoms with Crippen molar-refractivity contribution in [1.29, 1.82) is 0 Å². The minimum absolute atomic E-state index is 0.0194. The molecule has 2 N–H and O–H groups in total. The number of carbonyl (C=O) groups excluding carboxylic acids is 1. The summed E-state index contributed by atoms with van der Waals surface area (Å²) in [6.07, 6.45) is 5.80. The second-order valence-electron chi connectivity index (χ2n) is 4.19. The number of aromatic nitrogens is 2. The van der Waals surface area contributed by atoms with Crippen LogP contribution in [0.1, 0.15) is 12.5 Å². The van der Waals surface area contributed by atoms with Gasteiger partial charge in [0.2, 0.25) is 5.91 Å². The van der Waals surface area contributed by atoms with E-state index >= 15 is 0 Å². The van der Waals surface area contributed by atoms with E-state index < -0.39 is 0 Å². The molecule has 0 bridgehead atoms. The smallest absolute Gasteiger partial charge is 0.224 e. The van der Waals surface area contributed by atoms with Crippen molar-refractivity contribution in [2.45, 2.75) is 18.6 Å². The summed E-state index contributed by atoms with van der Waals surface area (Å²) >= 11 is 0. The molecule has 2 rings (SSSR count). The molecule has 1 aromatic heterocycles. The van der Waals surface area contributed by atoms with E-state index in [9.17, 15) is 4.79 Å². The molecule has 1 amide bonds. The maximum absolute atomic E-state index is 11.8. The Hall–Kier alpha value is -1.40. The Morgan fingerprint density at radius 1 is 1.59 bits per heavy atom. The second kappa shape index (κ2) is 5.29. The van der Waals surface area contributed by atoms with Gasteiger partial charge in [0.25, 0.3) is 0 Å². The van der Waals surface area contributed by atoms with Crippen LogP contribution in [0.3, 0.4) is 0 Å². The minimum Gasteiger partial charge on any atom is -0.377 e. The summed E-state index contributed by atoms with van der Waals surface area (Å²) in [4.78, 5) is 17.6. The molecule has 1 fully saturated rings. The third-order valence-electron chi connectivity index (χ3n) is 3.16. The molecule has 1 aliphatic heterocycles. The zero-order chi connectivity index (χ0) is 12.3. The number of nitrogens with zero attached hydrogens (tertiary/aromatic N) is 3. The Morgan fingerprint density at radius 3 is 3.00 bits per heavy atom. The molecule has 1 aliphatic rings. The fraction of sp³-hybridized carbons (Fsp3) is 0.636. The number of nitrogens with two attached hydrogens (primary N) is 1. The van der Waals surface area contributed by atoms with Gasteiger partial charge in [0.05, 0.1) is 18.5 Å². The number of likely N-dealkylation sites (tertiary alicyclic amines) is 1. The van der Waals surface area contributed by atoms with Crippen molar-refractivity contribution in [3.63, 3.8) is 0 Å². The Balaban J connectivity index is 2.06. The van der Waals surface area contributed by atoms with Crippen molar-refractivity contribution in [3.05, 3.63) is 18.7 Å². The van der Waals surface area contributed by atoms with E-state index in [0.29, 0.717) is 26.1 Å². The van der Waals surface area contributed by atoms with Gasteiger partial charge in [0.15, 0.2) is 0 Å². The first-order chi connectivity index (χ1) is 8.26. The van der Waals surface area contributed by atoms with Crippen LogP contribution in [0.2, 0.25) is 0 Å². The first-order valence-electron chi connectivity index (χ1n) is 5.74. The monoisotopic (exact) mass is 238 g/mol. The number of rotatable bonds is 4. The number of methoxy groups -OCH3 is 1. The molecule has 6 nitrogen and oxygen atoms in total. The van der Waals surface area contributed by atoms with Gasteiger partial charge in [-0.3, -0.25) is 4.79 Å². The van der Waals surface area contributed by atoms with Gasteiger partial charge in [-0.05, 0) is 0 Å². The fourth-order valence-corrected chi connectivity index (χ4v) is 2.23. The van der Waals surface area contributed by atoms with E-state index in [-0.39, 0.29) is 18.1 Å². The molecular weight excluding hydrogens is 220 g/mol. The lowest BCUT2D eigenvalue weighted by Crippen LogP contribution is -2.31. The molecule has 0 radical (unpaired) electrons. The number of amides is 1. The maximum Gasteiger partial charge on any atom is 0.224 e. The first-order valence-corrected chi connectivity index (χ1v) is 5.74. The number of carbonyl (C=O) groups is 1. The van der Waals surface area contributed by atoms with Crippen molar-refractivity contribution < 1.29 is 9.53 Å². The van der Waals surface area contributed by atoms with E-state index in [1.54, 1.807) is 19.6 Å². The predicted molar refractivity (Wildman–Crippen MR) is 62.3 cm³/mol. The van der Waals surface area contributed by atoms with Crippen LogP contribution in [0.15, 0.2) is 18.7 Å². The van der Waals surface area contributed by atoms with Gasteiger partial charge < -0.3 is 19.9 Å². The number of ether oxygens (including phenoxy) is 1. The fourth-order valence-electron chi connectivity index (χ4n) is 2.23. The molecule has 94 valence electrons. The van der Waals surface area contributed by atoms with E-state index in [0.717, 1.165) is 0 Å². The summed E-state index contributed by atoms with van der Waals surface area (Å²) < 4.78 is 7.42. The quantitative estimate of drug-likeness (QED) is 0.776.